The van der Waals surface area contributed by atoms with Gasteiger partial charge in [0.2, 0.25) is 35.4 Å². The van der Waals surface area contributed by atoms with Crippen LogP contribution in [0.25, 0.3) is 0 Å². The van der Waals surface area contributed by atoms with Gasteiger partial charge in [0.15, 0.2) is 11.5 Å². The third-order valence-electron chi connectivity index (χ3n) is 7.89. The molecule has 308 valence electrons. The molecule has 0 aliphatic carbocycles. The van der Waals surface area contributed by atoms with Crippen LogP contribution in [0.2, 0.25) is 0 Å². The van der Waals surface area contributed by atoms with Crippen LogP contribution >= 0.6 is 0 Å². The molecule has 19 nitrogen and oxygen atoms in total. The molecule has 6 atom stereocenters. The van der Waals surface area contributed by atoms with E-state index in [0.29, 0.717) is 5.56 Å². The monoisotopic (exact) mass is 788 g/mol. The fourth-order valence-corrected chi connectivity index (χ4v) is 4.89. The van der Waals surface area contributed by atoms with Crippen molar-refractivity contribution in [2.24, 2.45) is 28.1 Å². The summed E-state index contributed by atoms with van der Waals surface area (Å²) in [6.45, 7) is 5.96. The quantitative estimate of drug-likeness (QED) is 0.0366. The minimum atomic E-state index is -5.21. The lowest BCUT2D eigenvalue weighted by Crippen LogP contribution is -2.67. The largest absolute Gasteiger partial charge is 0.508 e. The lowest BCUT2D eigenvalue weighted by Gasteiger charge is -2.33. The molecule has 1 aromatic carbocycles. The van der Waals surface area contributed by atoms with Crippen LogP contribution < -0.4 is 49.1 Å². The second-order valence-corrected chi connectivity index (χ2v) is 13.3. The number of rotatable bonds is 21. The summed E-state index contributed by atoms with van der Waals surface area (Å²) in [6.07, 6.45) is -6.50. The molecule has 0 radical (unpaired) electrons. The number of nitrogens with two attached hydrogens (primary N) is 3. The van der Waals surface area contributed by atoms with Crippen molar-refractivity contribution in [2.75, 3.05) is 13.1 Å². The molecule has 6 amide bonds. The van der Waals surface area contributed by atoms with E-state index in [9.17, 15) is 51.8 Å². The predicted octanol–water partition coefficient (Wildman–Crippen LogP) is -2.02. The Bertz CT molecular complexity index is 1560. The molecule has 0 spiro atoms. The fourth-order valence-electron chi connectivity index (χ4n) is 4.89. The third kappa shape index (κ3) is 16.1. The van der Waals surface area contributed by atoms with Gasteiger partial charge in [-0.2, -0.15) is 13.2 Å². The van der Waals surface area contributed by atoms with E-state index in [-0.39, 0.29) is 31.1 Å². The number of carbonyl (C=O) groups excluding carboxylic acids is 6. The number of alkyl halides is 3. The maximum absolute atomic E-state index is 14.1. The molecule has 0 unspecified atom stereocenters. The molecule has 1 aromatic rings. The van der Waals surface area contributed by atoms with Crippen molar-refractivity contribution in [3.05, 3.63) is 29.8 Å². The average Bonchev–Trinajstić information content (AvgIpc) is 3.07. The first kappa shape index (κ1) is 47.4. The Hall–Kier alpha value is -5.67. The lowest BCUT2D eigenvalue weighted by atomic mass is 9.87. The van der Waals surface area contributed by atoms with Crippen molar-refractivity contribution in [2.45, 2.75) is 102 Å². The van der Waals surface area contributed by atoms with Crippen molar-refractivity contribution >= 4 is 47.4 Å². The first-order valence-electron chi connectivity index (χ1n) is 17.1. The van der Waals surface area contributed by atoms with Gasteiger partial charge in [0.25, 0.3) is 0 Å². The Morgan fingerprint density at radius 1 is 0.745 bits per heavy atom. The normalized spacial score (nSPS) is 15.1. The number of nitrogens with zero attached hydrogens (tertiary/aromatic N) is 1. The Balaban J connectivity index is 3.26. The molecule has 0 aliphatic rings. The zero-order valence-corrected chi connectivity index (χ0v) is 31.1. The lowest BCUT2D eigenvalue weighted by molar-refractivity contribution is -0.195. The summed E-state index contributed by atoms with van der Waals surface area (Å²) in [7, 11) is 0. The van der Waals surface area contributed by atoms with Gasteiger partial charge in [-0.05, 0) is 63.6 Å². The molecule has 0 saturated heterocycles. The van der Waals surface area contributed by atoms with Crippen molar-refractivity contribution in [1.29, 1.82) is 0 Å². The molecule has 14 N–H and O–H groups in total. The smallest absolute Gasteiger partial charge is 0.415 e. The standard InChI is InChI=1S/C33H51F3N10O9/c1-16(2)14-32(39,33(34,35)36)30(55)46-23(13-20-8-10-21(47)11-9-20)29(54)45-22(7-6-12-40-31(37)38)28(53)44-19(5)27(52)43-18(4)26(51)42-17(3)25(50)41-15-24(48)49/h8-11,16-19,22-23,47H,6-7,12-15,39H2,1-5H3,(H,41,50)(H,42,51)(H,43,52)(H,44,53)(H,45,54)(H,46,55)(H,48,49)(H4,37,38,40)/t17-,18-,19-,22-,23-,32-/m0/s1. The third-order valence-corrected chi connectivity index (χ3v) is 7.89. The van der Waals surface area contributed by atoms with Gasteiger partial charge in [0, 0.05) is 13.0 Å². The number of nitrogens with one attached hydrogen (secondary N) is 6. The number of carbonyl (C=O) groups is 7. The molecule has 0 fully saturated rings. The van der Waals surface area contributed by atoms with E-state index in [1.165, 1.54) is 58.9 Å². The van der Waals surface area contributed by atoms with E-state index >= 15 is 0 Å². The minimum absolute atomic E-state index is 0.0123. The van der Waals surface area contributed by atoms with Crippen LogP contribution in [0.5, 0.6) is 5.75 Å². The second-order valence-electron chi connectivity index (χ2n) is 13.3. The van der Waals surface area contributed by atoms with E-state index < -0.39 is 109 Å². The summed E-state index contributed by atoms with van der Waals surface area (Å²) >= 11 is 0. The molecule has 1 rings (SSSR count). The Labute approximate surface area is 315 Å². The summed E-state index contributed by atoms with van der Waals surface area (Å²) in [4.78, 5) is 92.4. The summed E-state index contributed by atoms with van der Waals surface area (Å²) in [5, 5.41) is 32.0. The summed E-state index contributed by atoms with van der Waals surface area (Å²) in [5.74, 6) is -8.64. The van der Waals surface area contributed by atoms with Gasteiger partial charge in [-0.15, -0.1) is 0 Å². The fraction of sp³-hybridized carbons (Fsp3) is 0.576. The van der Waals surface area contributed by atoms with E-state index in [2.05, 4.69) is 36.9 Å². The summed E-state index contributed by atoms with van der Waals surface area (Å²) < 4.78 is 42.4. The van der Waals surface area contributed by atoms with Gasteiger partial charge in [-0.1, -0.05) is 26.0 Å². The van der Waals surface area contributed by atoms with Crippen LogP contribution in [0, 0.1) is 5.92 Å². The molecule has 0 aliphatic heterocycles. The van der Waals surface area contributed by atoms with Gasteiger partial charge in [0.05, 0.1) is 0 Å². The number of carboxylic acids is 1. The van der Waals surface area contributed by atoms with Crippen LogP contribution in [0.15, 0.2) is 29.3 Å². The zero-order chi connectivity index (χ0) is 42.3. The van der Waals surface area contributed by atoms with Gasteiger partial charge in [-0.25, -0.2) is 0 Å². The number of phenolic OH excluding ortho intramolecular Hbond substituents is 1. The number of phenols is 1. The van der Waals surface area contributed by atoms with Crippen molar-refractivity contribution in [3.8, 4) is 5.75 Å². The number of hydrogen-bond donors (Lipinski definition) is 11. The van der Waals surface area contributed by atoms with Crippen LogP contribution in [-0.2, 0) is 40.0 Å². The van der Waals surface area contributed by atoms with Crippen molar-refractivity contribution in [1.82, 2.24) is 31.9 Å². The first-order valence-corrected chi connectivity index (χ1v) is 17.1. The number of aromatic hydroxyl groups is 1. The average molecular weight is 789 g/mol. The maximum Gasteiger partial charge on any atom is 0.415 e. The maximum atomic E-state index is 14.1. The van der Waals surface area contributed by atoms with E-state index in [0.717, 1.165) is 0 Å². The van der Waals surface area contributed by atoms with Gasteiger partial charge in [-0.3, -0.25) is 38.6 Å². The highest BCUT2D eigenvalue weighted by Gasteiger charge is 2.58. The van der Waals surface area contributed by atoms with Gasteiger partial charge < -0.3 is 59.3 Å². The van der Waals surface area contributed by atoms with E-state index in [1.807, 2.05) is 0 Å². The van der Waals surface area contributed by atoms with Crippen molar-refractivity contribution < 1.29 is 56.9 Å². The zero-order valence-electron chi connectivity index (χ0n) is 31.1. The van der Waals surface area contributed by atoms with Crippen LogP contribution in [0.4, 0.5) is 13.2 Å². The minimum Gasteiger partial charge on any atom is -0.508 e. The topological polar surface area (TPSA) is 323 Å². The number of guanidine groups is 1. The number of amides is 6. The summed E-state index contributed by atoms with van der Waals surface area (Å²) in [6, 6.07) is -1.71. The number of benzene rings is 1. The van der Waals surface area contributed by atoms with E-state index in [4.69, 9.17) is 22.3 Å². The molecular weight excluding hydrogens is 737 g/mol. The molecule has 0 bridgehead atoms. The number of aliphatic carboxylic acids is 1. The number of aliphatic imine (C=N–C) groups is 1. The van der Waals surface area contributed by atoms with Crippen LogP contribution in [-0.4, -0.2) is 113 Å². The Morgan fingerprint density at radius 3 is 1.71 bits per heavy atom. The Kier molecular flexibility index (Phi) is 18.3. The highest BCUT2D eigenvalue weighted by molar-refractivity contribution is 5.97. The first-order chi connectivity index (χ1) is 25.4. The highest BCUT2D eigenvalue weighted by Crippen LogP contribution is 2.34. The molecule has 22 heteroatoms. The van der Waals surface area contributed by atoms with Crippen molar-refractivity contribution in [3.63, 3.8) is 0 Å². The van der Waals surface area contributed by atoms with Crippen LogP contribution in [0.3, 0.4) is 0 Å². The van der Waals surface area contributed by atoms with E-state index in [1.54, 1.807) is 0 Å². The molecule has 0 heterocycles. The second kappa shape index (κ2) is 21.3. The summed E-state index contributed by atoms with van der Waals surface area (Å²) in [5.41, 5.74) is 13.3. The molecular formula is C33H51F3N10O9. The highest BCUT2D eigenvalue weighted by atomic mass is 19.4. The number of hydrogen-bond acceptors (Lipinski definition) is 10. The van der Waals surface area contributed by atoms with Gasteiger partial charge in [0.1, 0.15) is 42.5 Å². The molecule has 0 saturated carbocycles. The van der Waals surface area contributed by atoms with Crippen LogP contribution in [0.1, 0.15) is 59.4 Å². The number of carboxylic acid groups (broad SMARTS) is 1. The van der Waals surface area contributed by atoms with Gasteiger partial charge >= 0.3 is 12.1 Å². The molecule has 0 aromatic heterocycles. The Morgan fingerprint density at radius 2 is 1.24 bits per heavy atom. The SMILES string of the molecule is CC(C)C[C@](N)(C(=O)N[C@@H](Cc1ccc(O)cc1)C(=O)N[C@@H](CCCN=C(N)N)C(=O)N[C@@H](C)C(=O)N[C@@H](C)C(=O)N[C@@H](C)C(=O)NCC(=O)O)C(F)(F)F. The predicted molar refractivity (Wildman–Crippen MR) is 191 cm³/mol. The molecule has 55 heavy (non-hydrogen) atoms. The number of halogens is 3.